The van der Waals surface area contributed by atoms with Crippen molar-refractivity contribution >= 4 is 5.91 Å². The number of aromatic nitrogens is 1. The topological polar surface area (TPSA) is 65.8 Å². The maximum atomic E-state index is 12.4. The Kier molecular flexibility index (Phi) is 4.49. The molecule has 1 N–H and O–H groups in total. The fraction of sp³-hybridized carbons (Fsp3) is 0.600. The molecule has 1 saturated heterocycles. The molecule has 0 aromatic carbocycles. The van der Waals surface area contributed by atoms with E-state index < -0.39 is 5.60 Å². The second kappa shape index (κ2) is 5.99. The van der Waals surface area contributed by atoms with E-state index in [4.69, 9.17) is 0 Å². The Balaban J connectivity index is 1.97. The van der Waals surface area contributed by atoms with Gasteiger partial charge in [-0.15, -0.1) is 0 Å². The third-order valence-electron chi connectivity index (χ3n) is 3.62. The van der Waals surface area contributed by atoms with Crippen LogP contribution in [0.1, 0.15) is 24.2 Å². The molecule has 0 radical (unpaired) electrons. The number of hydrogen-bond donors (Lipinski definition) is 1. The number of β-amino-alcohol motifs (C(OH)–C–C–N with tert-alkyl or cyclic N) is 1. The molecule has 2 rings (SSSR count). The highest BCUT2D eigenvalue weighted by molar-refractivity contribution is 5.94. The summed E-state index contributed by atoms with van der Waals surface area (Å²) in [5.41, 5.74) is -0.465. The molecule has 1 amide bonds. The molecular weight excluding hydrogens is 270 g/mol. The van der Waals surface area contributed by atoms with Crippen LogP contribution in [0, 0.1) is 0 Å². The standard InChI is InChI=1S/C15H23N3O3/c1-15(2,21)11-17-6-8-18(9-7-17)14(20)12-4-5-16(3)13(19)10-12/h4-5,10,21H,6-9,11H2,1-3H3. The lowest BCUT2D eigenvalue weighted by atomic mass is 10.1. The lowest BCUT2D eigenvalue weighted by molar-refractivity contribution is 0.0178. The Morgan fingerprint density at radius 1 is 1.29 bits per heavy atom. The van der Waals surface area contributed by atoms with Crippen molar-refractivity contribution in [3.8, 4) is 0 Å². The number of carbonyl (C=O) groups excluding carboxylic acids is 1. The molecule has 2 heterocycles. The molecule has 0 unspecified atom stereocenters. The monoisotopic (exact) mass is 293 g/mol. The summed E-state index contributed by atoms with van der Waals surface area (Å²) in [7, 11) is 1.66. The van der Waals surface area contributed by atoms with E-state index in [1.807, 2.05) is 0 Å². The number of rotatable bonds is 3. The van der Waals surface area contributed by atoms with Gasteiger partial charge in [0.25, 0.3) is 11.5 Å². The maximum Gasteiger partial charge on any atom is 0.254 e. The summed E-state index contributed by atoms with van der Waals surface area (Å²) in [5.74, 6) is -0.101. The molecule has 1 aliphatic heterocycles. The van der Waals surface area contributed by atoms with Crippen molar-refractivity contribution in [2.24, 2.45) is 7.05 Å². The number of piperazine rings is 1. The van der Waals surface area contributed by atoms with Gasteiger partial charge in [0.1, 0.15) is 0 Å². The Morgan fingerprint density at radius 3 is 2.43 bits per heavy atom. The molecule has 1 aromatic rings. The van der Waals surface area contributed by atoms with E-state index in [2.05, 4.69) is 4.90 Å². The van der Waals surface area contributed by atoms with E-state index in [0.717, 1.165) is 13.1 Å². The summed E-state index contributed by atoms with van der Waals surface area (Å²) >= 11 is 0. The zero-order valence-electron chi connectivity index (χ0n) is 12.9. The normalized spacial score (nSPS) is 17.0. The van der Waals surface area contributed by atoms with E-state index in [1.54, 1.807) is 38.1 Å². The molecule has 6 heteroatoms. The third-order valence-corrected chi connectivity index (χ3v) is 3.62. The lowest BCUT2D eigenvalue weighted by Gasteiger charge is -2.37. The second-order valence-electron chi connectivity index (χ2n) is 6.25. The first-order valence-electron chi connectivity index (χ1n) is 7.17. The van der Waals surface area contributed by atoms with Crippen LogP contribution < -0.4 is 5.56 Å². The van der Waals surface area contributed by atoms with Gasteiger partial charge >= 0.3 is 0 Å². The Hall–Kier alpha value is -1.66. The number of amides is 1. The number of pyridine rings is 1. The van der Waals surface area contributed by atoms with Crippen LogP contribution in [0.5, 0.6) is 0 Å². The van der Waals surface area contributed by atoms with Crippen LogP contribution in [0.2, 0.25) is 0 Å². The number of nitrogens with zero attached hydrogens (tertiary/aromatic N) is 3. The molecule has 0 atom stereocenters. The lowest BCUT2D eigenvalue weighted by Crippen LogP contribution is -2.52. The average Bonchev–Trinajstić information content (AvgIpc) is 2.40. The molecule has 1 fully saturated rings. The second-order valence-corrected chi connectivity index (χ2v) is 6.25. The van der Waals surface area contributed by atoms with Crippen LogP contribution in [-0.4, -0.2) is 63.7 Å². The molecule has 0 saturated carbocycles. The maximum absolute atomic E-state index is 12.4. The fourth-order valence-corrected chi connectivity index (χ4v) is 2.52. The summed E-state index contributed by atoms with van der Waals surface area (Å²) in [5, 5.41) is 9.82. The van der Waals surface area contributed by atoms with Crippen molar-refractivity contribution in [1.29, 1.82) is 0 Å². The van der Waals surface area contributed by atoms with Crippen molar-refractivity contribution in [3.63, 3.8) is 0 Å². The van der Waals surface area contributed by atoms with Crippen LogP contribution in [-0.2, 0) is 7.05 Å². The first-order chi connectivity index (χ1) is 9.76. The smallest absolute Gasteiger partial charge is 0.254 e. The summed E-state index contributed by atoms with van der Waals surface area (Å²) in [6, 6.07) is 3.05. The molecule has 116 valence electrons. The van der Waals surface area contributed by atoms with E-state index in [-0.39, 0.29) is 11.5 Å². The van der Waals surface area contributed by atoms with E-state index in [9.17, 15) is 14.7 Å². The van der Waals surface area contributed by atoms with Crippen molar-refractivity contribution in [2.45, 2.75) is 19.4 Å². The Morgan fingerprint density at radius 2 is 1.90 bits per heavy atom. The number of aliphatic hydroxyl groups is 1. The predicted octanol–water partition coefficient (Wildman–Crippen LogP) is -0.0860. The summed E-state index contributed by atoms with van der Waals surface area (Å²) in [4.78, 5) is 27.9. The van der Waals surface area contributed by atoms with Crippen LogP contribution in [0.4, 0.5) is 0 Å². The van der Waals surface area contributed by atoms with Gasteiger partial charge in [0.05, 0.1) is 5.60 Å². The largest absolute Gasteiger partial charge is 0.389 e. The predicted molar refractivity (Wildman–Crippen MR) is 80.3 cm³/mol. The molecule has 6 nitrogen and oxygen atoms in total. The third kappa shape index (κ3) is 4.15. The highest BCUT2D eigenvalue weighted by Gasteiger charge is 2.25. The minimum atomic E-state index is -0.724. The average molecular weight is 293 g/mol. The van der Waals surface area contributed by atoms with E-state index in [1.165, 1.54) is 10.6 Å². The summed E-state index contributed by atoms with van der Waals surface area (Å²) < 4.78 is 1.44. The van der Waals surface area contributed by atoms with Gasteiger partial charge in [-0.05, 0) is 19.9 Å². The minimum Gasteiger partial charge on any atom is -0.389 e. The number of hydrogen-bond acceptors (Lipinski definition) is 4. The molecule has 1 aliphatic rings. The molecule has 0 spiro atoms. The molecule has 0 bridgehead atoms. The van der Waals surface area contributed by atoms with Crippen molar-refractivity contribution in [3.05, 3.63) is 34.2 Å². The SMILES string of the molecule is Cn1ccc(C(=O)N2CCN(CC(C)(C)O)CC2)cc1=O. The molecule has 1 aromatic heterocycles. The quantitative estimate of drug-likeness (QED) is 0.846. The van der Waals surface area contributed by atoms with Crippen molar-refractivity contribution < 1.29 is 9.90 Å². The van der Waals surface area contributed by atoms with Crippen molar-refractivity contribution in [2.75, 3.05) is 32.7 Å². The van der Waals surface area contributed by atoms with Crippen LogP contribution in [0.3, 0.4) is 0 Å². The highest BCUT2D eigenvalue weighted by atomic mass is 16.3. The summed E-state index contributed by atoms with van der Waals surface area (Å²) in [6.07, 6.45) is 1.61. The van der Waals surface area contributed by atoms with E-state index in [0.29, 0.717) is 25.2 Å². The molecule has 0 aliphatic carbocycles. The van der Waals surface area contributed by atoms with Gasteiger partial charge in [0, 0.05) is 57.6 Å². The zero-order chi connectivity index (χ0) is 15.6. The highest BCUT2D eigenvalue weighted by Crippen LogP contribution is 2.11. The van der Waals surface area contributed by atoms with Gasteiger partial charge in [-0.1, -0.05) is 0 Å². The number of aryl methyl sites for hydroxylation is 1. The van der Waals surface area contributed by atoms with Gasteiger partial charge < -0.3 is 14.6 Å². The van der Waals surface area contributed by atoms with Gasteiger partial charge in [-0.25, -0.2) is 0 Å². The Bertz CT molecular complexity index is 566. The van der Waals surface area contributed by atoms with Crippen LogP contribution in [0.15, 0.2) is 23.1 Å². The molecule has 21 heavy (non-hydrogen) atoms. The summed E-state index contributed by atoms with van der Waals surface area (Å²) in [6.45, 7) is 6.87. The van der Waals surface area contributed by atoms with Gasteiger partial charge in [-0.3, -0.25) is 14.5 Å². The Labute approximate surface area is 124 Å². The number of carbonyl (C=O) groups is 1. The van der Waals surface area contributed by atoms with Crippen LogP contribution in [0.25, 0.3) is 0 Å². The van der Waals surface area contributed by atoms with Gasteiger partial charge in [0.15, 0.2) is 0 Å². The van der Waals surface area contributed by atoms with E-state index >= 15 is 0 Å². The van der Waals surface area contributed by atoms with Crippen molar-refractivity contribution in [1.82, 2.24) is 14.4 Å². The molecular formula is C15H23N3O3. The van der Waals surface area contributed by atoms with Gasteiger partial charge in [-0.2, -0.15) is 0 Å². The minimum absolute atomic E-state index is 0.101. The van der Waals surface area contributed by atoms with Crippen LogP contribution >= 0.6 is 0 Å². The zero-order valence-corrected chi connectivity index (χ0v) is 12.9. The fourth-order valence-electron chi connectivity index (χ4n) is 2.52. The first kappa shape index (κ1) is 15.7. The van der Waals surface area contributed by atoms with Gasteiger partial charge in [0.2, 0.25) is 0 Å². The first-order valence-corrected chi connectivity index (χ1v) is 7.17.